The van der Waals surface area contributed by atoms with Gasteiger partial charge < -0.3 is 15.4 Å². The van der Waals surface area contributed by atoms with E-state index in [1.54, 1.807) is 0 Å². The fraction of sp³-hybridized carbons (Fsp3) is 1.00. The Balaban J connectivity index is 1.51. The summed E-state index contributed by atoms with van der Waals surface area (Å²) in [4.78, 5) is 0. The Morgan fingerprint density at radius 2 is 2.22 bits per heavy atom. The average molecular weight is 254 g/mol. The zero-order valence-corrected chi connectivity index (χ0v) is 11.9. The summed E-state index contributed by atoms with van der Waals surface area (Å²) in [6.45, 7) is 8.04. The van der Waals surface area contributed by atoms with Gasteiger partial charge in [-0.15, -0.1) is 0 Å². The van der Waals surface area contributed by atoms with E-state index >= 15 is 0 Å². The highest BCUT2D eigenvalue weighted by Gasteiger charge is 2.19. The van der Waals surface area contributed by atoms with Crippen molar-refractivity contribution in [3.05, 3.63) is 0 Å². The number of piperidine rings is 1. The van der Waals surface area contributed by atoms with Gasteiger partial charge in [0.15, 0.2) is 0 Å². The predicted molar refractivity (Wildman–Crippen MR) is 75.8 cm³/mol. The van der Waals surface area contributed by atoms with E-state index in [-0.39, 0.29) is 0 Å². The molecule has 0 aromatic rings. The summed E-state index contributed by atoms with van der Waals surface area (Å²) in [6.07, 6.45) is 8.40. The summed E-state index contributed by atoms with van der Waals surface area (Å²) < 4.78 is 5.73. The standard InChI is InChI=1S/C15H30N2O/c1-13(14-5-4-8-16-11-14)7-9-17-12-15-6-2-3-10-18-15/h13-17H,2-12H2,1H3. The molecule has 3 nitrogen and oxygen atoms in total. The van der Waals surface area contributed by atoms with Crippen molar-refractivity contribution < 1.29 is 4.74 Å². The lowest BCUT2D eigenvalue weighted by molar-refractivity contribution is 0.0168. The van der Waals surface area contributed by atoms with Crippen LogP contribution < -0.4 is 10.6 Å². The van der Waals surface area contributed by atoms with E-state index in [1.165, 1.54) is 51.6 Å². The van der Waals surface area contributed by atoms with Crippen molar-refractivity contribution in [2.24, 2.45) is 11.8 Å². The summed E-state index contributed by atoms with van der Waals surface area (Å²) >= 11 is 0. The van der Waals surface area contributed by atoms with Crippen LogP contribution >= 0.6 is 0 Å². The lowest BCUT2D eigenvalue weighted by Gasteiger charge is -2.29. The molecule has 0 spiro atoms. The Bertz CT molecular complexity index is 211. The lowest BCUT2D eigenvalue weighted by atomic mass is 9.85. The maximum atomic E-state index is 5.73. The first-order chi connectivity index (χ1) is 8.86. The van der Waals surface area contributed by atoms with Crippen molar-refractivity contribution in [1.29, 1.82) is 0 Å². The molecule has 18 heavy (non-hydrogen) atoms. The van der Waals surface area contributed by atoms with Crippen molar-refractivity contribution in [2.75, 3.05) is 32.8 Å². The first-order valence-corrected chi connectivity index (χ1v) is 7.89. The van der Waals surface area contributed by atoms with Crippen molar-refractivity contribution in [2.45, 2.75) is 51.6 Å². The van der Waals surface area contributed by atoms with E-state index < -0.39 is 0 Å². The molecule has 2 N–H and O–H groups in total. The van der Waals surface area contributed by atoms with Gasteiger partial charge in [-0.1, -0.05) is 6.92 Å². The van der Waals surface area contributed by atoms with Crippen LogP contribution in [0.25, 0.3) is 0 Å². The van der Waals surface area contributed by atoms with E-state index in [9.17, 15) is 0 Å². The van der Waals surface area contributed by atoms with Crippen LogP contribution in [0.15, 0.2) is 0 Å². The van der Waals surface area contributed by atoms with Gasteiger partial charge in [0.1, 0.15) is 0 Å². The lowest BCUT2D eigenvalue weighted by Crippen LogP contribution is -2.36. The molecule has 0 aliphatic carbocycles. The number of rotatable bonds is 6. The molecule has 0 aromatic carbocycles. The number of hydrogen-bond donors (Lipinski definition) is 2. The maximum absolute atomic E-state index is 5.73. The van der Waals surface area contributed by atoms with Crippen LogP contribution in [-0.4, -0.2) is 38.9 Å². The maximum Gasteiger partial charge on any atom is 0.0699 e. The third-order valence-corrected chi connectivity index (χ3v) is 4.56. The molecule has 2 saturated heterocycles. The van der Waals surface area contributed by atoms with Gasteiger partial charge in [-0.2, -0.15) is 0 Å². The molecule has 0 amide bonds. The van der Waals surface area contributed by atoms with Gasteiger partial charge in [0.2, 0.25) is 0 Å². The van der Waals surface area contributed by atoms with Gasteiger partial charge in [0.25, 0.3) is 0 Å². The summed E-state index contributed by atoms with van der Waals surface area (Å²) in [6, 6.07) is 0. The number of ether oxygens (including phenoxy) is 1. The van der Waals surface area contributed by atoms with Crippen LogP contribution in [0, 0.1) is 11.8 Å². The van der Waals surface area contributed by atoms with Crippen LogP contribution in [0.4, 0.5) is 0 Å². The van der Waals surface area contributed by atoms with E-state index in [1.807, 2.05) is 0 Å². The summed E-state index contributed by atoms with van der Waals surface area (Å²) in [5.74, 6) is 1.74. The van der Waals surface area contributed by atoms with Crippen LogP contribution in [0.2, 0.25) is 0 Å². The second kappa shape index (κ2) is 8.13. The van der Waals surface area contributed by atoms with Gasteiger partial charge >= 0.3 is 0 Å². The highest BCUT2D eigenvalue weighted by Crippen LogP contribution is 2.22. The monoisotopic (exact) mass is 254 g/mol. The van der Waals surface area contributed by atoms with Crippen LogP contribution in [0.5, 0.6) is 0 Å². The topological polar surface area (TPSA) is 33.3 Å². The van der Waals surface area contributed by atoms with E-state index in [0.29, 0.717) is 6.10 Å². The average Bonchev–Trinajstić information content (AvgIpc) is 2.45. The Labute approximate surface area is 112 Å². The third kappa shape index (κ3) is 4.87. The Morgan fingerprint density at radius 3 is 2.94 bits per heavy atom. The highest BCUT2D eigenvalue weighted by molar-refractivity contribution is 4.75. The molecule has 2 aliphatic heterocycles. The second-order valence-corrected chi connectivity index (χ2v) is 6.07. The van der Waals surface area contributed by atoms with Crippen LogP contribution in [0.1, 0.15) is 45.4 Å². The normalized spacial score (nSPS) is 31.2. The molecule has 2 heterocycles. The molecule has 3 heteroatoms. The minimum Gasteiger partial charge on any atom is -0.377 e. The first kappa shape index (κ1) is 14.3. The smallest absolute Gasteiger partial charge is 0.0699 e. The third-order valence-electron chi connectivity index (χ3n) is 4.56. The molecule has 0 bridgehead atoms. The molecule has 0 aromatic heterocycles. The summed E-state index contributed by atoms with van der Waals surface area (Å²) in [5, 5.41) is 7.10. The van der Waals surface area contributed by atoms with Gasteiger partial charge in [0, 0.05) is 13.2 Å². The molecule has 0 radical (unpaired) electrons. The molecule has 2 aliphatic rings. The van der Waals surface area contributed by atoms with Gasteiger partial charge in [-0.05, 0) is 70.0 Å². The summed E-state index contributed by atoms with van der Waals surface area (Å²) in [5.41, 5.74) is 0. The number of hydrogen-bond acceptors (Lipinski definition) is 3. The SMILES string of the molecule is CC(CCNCC1CCCCO1)C1CCCNC1. The molecule has 2 fully saturated rings. The predicted octanol–water partition coefficient (Wildman–Crippen LogP) is 2.17. The van der Waals surface area contributed by atoms with Gasteiger partial charge in [0.05, 0.1) is 6.10 Å². The fourth-order valence-electron chi connectivity index (χ4n) is 3.16. The molecular weight excluding hydrogens is 224 g/mol. The number of nitrogens with one attached hydrogen (secondary N) is 2. The van der Waals surface area contributed by atoms with Crippen molar-refractivity contribution >= 4 is 0 Å². The first-order valence-electron chi connectivity index (χ1n) is 7.89. The van der Waals surface area contributed by atoms with E-state index in [4.69, 9.17) is 4.74 Å². The van der Waals surface area contributed by atoms with Crippen molar-refractivity contribution in [3.63, 3.8) is 0 Å². The fourth-order valence-corrected chi connectivity index (χ4v) is 3.16. The zero-order valence-electron chi connectivity index (χ0n) is 11.9. The molecular formula is C15H30N2O. The largest absolute Gasteiger partial charge is 0.377 e. The molecule has 3 unspecified atom stereocenters. The molecule has 106 valence electrons. The van der Waals surface area contributed by atoms with Gasteiger partial charge in [-0.25, -0.2) is 0 Å². The quantitative estimate of drug-likeness (QED) is 0.713. The second-order valence-electron chi connectivity index (χ2n) is 6.07. The van der Waals surface area contributed by atoms with Crippen LogP contribution in [-0.2, 0) is 4.74 Å². The molecule has 0 saturated carbocycles. The minimum atomic E-state index is 0.477. The Hall–Kier alpha value is -0.120. The minimum absolute atomic E-state index is 0.477. The van der Waals surface area contributed by atoms with E-state index in [2.05, 4.69) is 17.6 Å². The van der Waals surface area contributed by atoms with Gasteiger partial charge in [-0.3, -0.25) is 0 Å². The molecule has 2 rings (SSSR count). The Morgan fingerprint density at radius 1 is 1.28 bits per heavy atom. The van der Waals surface area contributed by atoms with Crippen molar-refractivity contribution in [3.8, 4) is 0 Å². The van der Waals surface area contributed by atoms with E-state index in [0.717, 1.165) is 31.5 Å². The zero-order chi connectivity index (χ0) is 12.6. The highest BCUT2D eigenvalue weighted by atomic mass is 16.5. The Kier molecular flexibility index (Phi) is 6.46. The molecule has 3 atom stereocenters. The van der Waals surface area contributed by atoms with Crippen molar-refractivity contribution in [1.82, 2.24) is 10.6 Å². The summed E-state index contributed by atoms with van der Waals surface area (Å²) in [7, 11) is 0. The van der Waals surface area contributed by atoms with Crippen LogP contribution in [0.3, 0.4) is 0 Å².